The number of nitrogen functional groups attached to an aromatic ring is 1. The van der Waals surface area contributed by atoms with Crippen molar-refractivity contribution in [2.24, 2.45) is 0 Å². The Kier molecular flexibility index (Phi) is 4.55. The molecular formula is C19H17Cl2N3OS. The number of pyridine rings is 1. The Morgan fingerprint density at radius 1 is 1.23 bits per heavy atom. The van der Waals surface area contributed by atoms with Gasteiger partial charge in [0.25, 0.3) is 5.91 Å². The number of aromatic nitrogens is 1. The standard InChI is InChI=1S/C19H17Cl2N3OS/c1-9-10-5-2-3-6-11(10)14-16(22)17(26-19(14)23-9)18(25)24-13-8-4-7-12(20)15(13)21/h4,7-8H,2-3,5-6,22H2,1H3,(H,24,25). The molecule has 7 heteroatoms. The summed E-state index contributed by atoms with van der Waals surface area (Å²) in [6, 6.07) is 5.12. The van der Waals surface area contributed by atoms with Crippen LogP contribution >= 0.6 is 34.5 Å². The van der Waals surface area contributed by atoms with Crippen LogP contribution in [0, 0.1) is 6.92 Å². The number of nitrogens with two attached hydrogens (primary N) is 1. The first kappa shape index (κ1) is 17.6. The molecule has 3 aromatic rings. The Bertz CT molecular complexity index is 1050. The molecule has 0 saturated carbocycles. The zero-order chi connectivity index (χ0) is 18.4. The third-order valence-corrected chi connectivity index (χ3v) is 6.73. The number of benzene rings is 1. The van der Waals surface area contributed by atoms with Crippen molar-refractivity contribution in [2.75, 3.05) is 11.1 Å². The minimum absolute atomic E-state index is 0.295. The zero-order valence-electron chi connectivity index (χ0n) is 14.2. The molecule has 1 aliphatic carbocycles. The van der Waals surface area contributed by atoms with Gasteiger partial charge in [0.1, 0.15) is 9.71 Å². The van der Waals surface area contributed by atoms with E-state index in [-0.39, 0.29) is 5.91 Å². The van der Waals surface area contributed by atoms with Crippen LogP contribution in [0.2, 0.25) is 10.0 Å². The van der Waals surface area contributed by atoms with E-state index in [9.17, 15) is 4.79 Å². The summed E-state index contributed by atoms with van der Waals surface area (Å²) in [5.41, 5.74) is 10.9. The Morgan fingerprint density at radius 3 is 2.73 bits per heavy atom. The van der Waals surface area contributed by atoms with Crippen LogP contribution in [0.5, 0.6) is 0 Å². The number of fused-ring (bicyclic) bond motifs is 3. The van der Waals surface area contributed by atoms with E-state index in [0.717, 1.165) is 35.2 Å². The van der Waals surface area contributed by atoms with Gasteiger partial charge in [-0.05, 0) is 55.9 Å². The van der Waals surface area contributed by atoms with Crippen molar-refractivity contribution in [3.63, 3.8) is 0 Å². The van der Waals surface area contributed by atoms with E-state index in [2.05, 4.69) is 5.32 Å². The summed E-state index contributed by atoms with van der Waals surface area (Å²) in [5, 5.41) is 4.46. The zero-order valence-corrected chi connectivity index (χ0v) is 16.5. The number of thiophene rings is 1. The molecule has 0 spiro atoms. The molecule has 0 bridgehead atoms. The number of carbonyl (C=O) groups is 1. The van der Waals surface area contributed by atoms with E-state index in [0.29, 0.717) is 26.3 Å². The van der Waals surface area contributed by atoms with Crippen LogP contribution in [0.15, 0.2) is 18.2 Å². The van der Waals surface area contributed by atoms with Gasteiger partial charge < -0.3 is 11.1 Å². The van der Waals surface area contributed by atoms with Gasteiger partial charge in [-0.15, -0.1) is 11.3 Å². The van der Waals surface area contributed by atoms with E-state index in [1.165, 1.54) is 28.9 Å². The first-order valence-electron chi connectivity index (χ1n) is 8.43. The maximum absolute atomic E-state index is 12.8. The average Bonchev–Trinajstić information content (AvgIpc) is 2.96. The van der Waals surface area contributed by atoms with E-state index in [4.69, 9.17) is 33.9 Å². The van der Waals surface area contributed by atoms with Crippen molar-refractivity contribution >= 4 is 62.0 Å². The van der Waals surface area contributed by atoms with Gasteiger partial charge in [-0.3, -0.25) is 4.79 Å². The number of carbonyl (C=O) groups excluding carboxylic acids is 1. The highest BCUT2D eigenvalue weighted by atomic mass is 35.5. The van der Waals surface area contributed by atoms with E-state index >= 15 is 0 Å². The van der Waals surface area contributed by atoms with Crippen LogP contribution in [-0.4, -0.2) is 10.9 Å². The van der Waals surface area contributed by atoms with Crippen LogP contribution in [-0.2, 0) is 12.8 Å². The SMILES string of the molecule is Cc1nc2sc(C(=O)Nc3cccc(Cl)c3Cl)c(N)c2c2c1CCCC2. The number of aryl methyl sites for hydroxylation is 2. The van der Waals surface area contributed by atoms with Crippen LogP contribution in [0.25, 0.3) is 10.2 Å². The molecule has 4 rings (SSSR count). The molecule has 0 saturated heterocycles. The lowest BCUT2D eigenvalue weighted by Gasteiger charge is -2.18. The minimum Gasteiger partial charge on any atom is -0.397 e. The number of hydrogen-bond acceptors (Lipinski definition) is 4. The lowest BCUT2D eigenvalue weighted by molar-refractivity contribution is 0.103. The van der Waals surface area contributed by atoms with Gasteiger partial charge in [-0.2, -0.15) is 0 Å². The molecule has 1 amide bonds. The normalized spacial score (nSPS) is 13.7. The summed E-state index contributed by atoms with van der Waals surface area (Å²) in [4.78, 5) is 18.8. The Morgan fingerprint density at radius 2 is 1.96 bits per heavy atom. The summed E-state index contributed by atoms with van der Waals surface area (Å²) in [5.74, 6) is -0.295. The van der Waals surface area contributed by atoms with Crippen LogP contribution in [0.4, 0.5) is 11.4 Å². The summed E-state index contributed by atoms with van der Waals surface area (Å²) in [7, 11) is 0. The maximum Gasteiger partial charge on any atom is 0.267 e. The van der Waals surface area contributed by atoms with Gasteiger partial charge >= 0.3 is 0 Å². The number of amides is 1. The molecule has 2 heterocycles. The highest BCUT2D eigenvalue weighted by Crippen LogP contribution is 2.40. The van der Waals surface area contributed by atoms with Crippen molar-refractivity contribution in [3.8, 4) is 0 Å². The van der Waals surface area contributed by atoms with Crippen molar-refractivity contribution in [1.29, 1.82) is 0 Å². The van der Waals surface area contributed by atoms with Gasteiger partial charge in [0.15, 0.2) is 0 Å². The van der Waals surface area contributed by atoms with E-state index in [1.54, 1.807) is 18.2 Å². The summed E-state index contributed by atoms with van der Waals surface area (Å²) >= 11 is 13.5. The molecule has 1 aromatic carbocycles. The second kappa shape index (κ2) is 6.72. The van der Waals surface area contributed by atoms with Gasteiger partial charge in [-0.25, -0.2) is 4.98 Å². The Labute approximate surface area is 165 Å². The first-order valence-corrected chi connectivity index (χ1v) is 10.00. The van der Waals surface area contributed by atoms with Crippen molar-refractivity contribution in [1.82, 2.24) is 4.98 Å². The van der Waals surface area contributed by atoms with Crippen molar-refractivity contribution in [2.45, 2.75) is 32.6 Å². The number of nitrogens with one attached hydrogen (secondary N) is 1. The highest BCUT2D eigenvalue weighted by Gasteiger charge is 2.24. The molecule has 26 heavy (non-hydrogen) atoms. The highest BCUT2D eigenvalue weighted by molar-refractivity contribution is 7.21. The van der Waals surface area contributed by atoms with Gasteiger partial charge in [-0.1, -0.05) is 29.3 Å². The second-order valence-corrected chi connectivity index (χ2v) is 8.23. The molecule has 0 unspecified atom stereocenters. The van der Waals surface area contributed by atoms with E-state index in [1.807, 2.05) is 6.92 Å². The van der Waals surface area contributed by atoms with Gasteiger partial charge in [0.05, 0.1) is 21.4 Å². The summed E-state index contributed by atoms with van der Waals surface area (Å²) in [6.45, 7) is 2.03. The minimum atomic E-state index is -0.295. The number of rotatable bonds is 2. The molecule has 4 nitrogen and oxygen atoms in total. The Hall–Kier alpha value is -1.82. The number of halogens is 2. The molecule has 0 aliphatic heterocycles. The molecule has 0 fully saturated rings. The van der Waals surface area contributed by atoms with E-state index < -0.39 is 0 Å². The van der Waals surface area contributed by atoms with Crippen molar-refractivity contribution < 1.29 is 4.79 Å². The smallest absolute Gasteiger partial charge is 0.267 e. The number of nitrogens with zero attached hydrogens (tertiary/aromatic N) is 1. The maximum atomic E-state index is 12.8. The third kappa shape index (κ3) is 2.84. The fraction of sp³-hybridized carbons (Fsp3) is 0.263. The average molecular weight is 406 g/mol. The molecule has 1 aliphatic rings. The van der Waals surface area contributed by atoms with Gasteiger partial charge in [0.2, 0.25) is 0 Å². The molecule has 3 N–H and O–H groups in total. The van der Waals surface area contributed by atoms with Gasteiger partial charge in [0, 0.05) is 11.1 Å². The first-order chi connectivity index (χ1) is 12.5. The fourth-order valence-corrected chi connectivity index (χ4v) is 4.96. The second-order valence-electron chi connectivity index (χ2n) is 6.44. The molecule has 134 valence electrons. The fourth-order valence-electron chi connectivity index (χ4n) is 3.55. The molecule has 0 atom stereocenters. The summed E-state index contributed by atoms with van der Waals surface area (Å²) < 4.78 is 0. The predicted octanol–water partition coefficient (Wildman–Crippen LogP) is 5.62. The lowest BCUT2D eigenvalue weighted by atomic mass is 9.89. The molecule has 2 aromatic heterocycles. The molecular weight excluding hydrogens is 389 g/mol. The van der Waals surface area contributed by atoms with Crippen LogP contribution in [0.3, 0.4) is 0 Å². The van der Waals surface area contributed by atoms with Crippen molar-refractivity contribution in [3.05, 3.63) is 49.9 Å². The molecule has 0 radical (unpaired) electrons. The quantitative estimate of drug-likeness (QED) is 0.580. The summed E-state index contributed by atoms with van der Waals surface area (Å²) in [6.07, 6.45) is 4.32. The third-order valence-electron chi connectivity index (χ3n) is 4.81. The number of hydrogen-bond donors (Lipinski definition) is 2. The largest absolute Gasteiger partial charge is 0.397 e. The monoisotopic (exact) mass is 405 g/mol. The van der Waals surface area contributed by atoms with Crippen LogP contribution in [0.1, 0.15) is 39.3 Å². The topological polar surface area (TPSA) is 68.0 Å². The lowest BCUT2D eigenvalue weighted by Crippen LogP contribution is -2.12. The number of anilines is 2. The van der Waals surface area contributed by atoms with Crippen LogP contribution < -0.4 is 11.1 Å². The Balaban J connectivity index is 1.78. The predicted molar refractivity (Wildman–Crippen MR) is 110 cm³/mol.